The molecule has 0 aliphatic carbocycles. The van der Waals surface area contributed by atoms with Crippen molar-refractivity contribution < 1.29 is 4.42 Å². The Morgan fingerprint density at radius 1 is 0.926 bits per heavy atom. The van der Waals surface area contributed by atoms with E-state index in [1.807, 2.05) is 19.1 Å². The SMILES string of the molecule is Cc1ccccc1CSc1nnc(-c2ccoc2C)n1Cc1ccccc1. The predicted molar refractivity (Wildman–Crippen MR) is 109 cm³/mol. The van der Waals surface area contributed by atoms with Gasteiger partial charge < -0.3 is 4.42 Å². The first-order chi connectivity index (χ1) is 13.2. The van der Waals surface area contributed by atoms with Crippen LogP contribution in [-0.4, -0.2) is 14.8 Å². The molecule has 0 saturated carbocycles. The molecule has 2 aromatic heterocycles. The Kier molecular flexibility index (Phi) is 5.12. The van der Waals surface area contributed by atoms with Crippen LogP contribution >= 0.6 is 11.8 Å². The summed E-state index contributed by atoms with van der Waals surface area (Å²) in [5, 5.41) is 9.89. The zero-order chi connectivity index (χ0) is 18.6. The highest BCUT2D eigenvalue weighted by molar-refractivity contribution is 7.98. The van der Waals surface area contributed by atoms with Gasteiger partial charge in [-0.1, -0.05) is 66.4 Å². The van der Waals surface area contributed by atoms with Crippen molar-refractivity contribution in [1.29, 1.82) is 0 Å². The Bertz CT molecular complexity index is 1040. The number of hydrogen-bond acceptors (Lipinski definition) is 4. The lowest BCUT2D eigenvalue weighted by Crippen LogP contribution is -2.04. The number of thioether (sulfide) groups is 1. The summed E-state index contributed by atoms with van der Waals surface area (Å²) in [6.45, 7) is 4.83. The maximum atomic E-state index is 5.49. The van der Waals surface area contributed by atoms with Crippen molar-refractivity contribution in [2.45, 2.75) is 31.3 Å². The maximum absolute atomic E-state index is 5.49. The van der Waals surface area contributed by atoms with Gasteiger partial charge in [0, 0.05) is 5.75 Å². The van der Waals surface area contributed by atoms with Crippen molar-refractivity contribution in [2.75, 3.05) is 0 Å². The number of furan rings is 1. The largest absolute Gasteiger partial charge is 0.469 e. The minimum Gasteiger partial charge on any atom is -0.469 e. The molecule has 4 aromatic rings. The molecule has 0 spiro atoms. The lowest BCUT2D eigenvalue weighted by atomic mass is 10.1. The smallest absolute Gasteiger partial charge is 0.192 e. The number of rotatable bonds is 6. The summed E-state index contributed by atoms with van der Waals surface area (Å²) in [6.07, 6.45) is 1.70. The normalized spacial score (nSPS) is 11.0. The Morgan fingerprint density at radius 2 is 1.70 bits per heavy atom. The fourth-order valence-corrected chi connectivity index (χ4v) is 4.05. The molecule has 4 rings (SSSR count). The van der Waals surface area contributed by atoms with E-state index in [0.717, 1.165) is 34.6 Å². The van der Waals surface area contributed by atoms with E-state index in [4.69, 9.17) is 4.42 Å². The molecule has 0 fully saturated rings. The zero-order valence-corrected chi connectivity index (χ0v) is 16.2. The van der Waals surface area contributed by atoms with Crippen molar-refractivity contribution in [1.82, 2.24) is 14.8 Å². The van der Waals surface area contributed by atoms with Gasteiger partial charge in [0.1, 0.15) is 5.76 Å². The minimum atomic E-state index is 0.726. The molecule has 0 aliphatic rings. The van der Waals surface area contributed by atoms with Crippen molar-refractivity contribution in [3.8, 4) is 11.4 Å². The van der Waals surface area contributed by atoms with Gasteiger partial charge in [0.25, 0.3) is 0 Å². The Balaban J connectivity index is 1.67. The number of nitrogens with zero attached hydrogens (tertiary/aromatic N) is 3. The summed E-state index contributed by atoms with van der Waals surface area (Å²) in [5.41, 5.74) is 4.82. The van der Waals surface area contributed by atoms with Crippen molar-refractivity contribution in [3.05, 3.63) is 89.4 Å². The van der Waals surface area contributed by atoms with Crippen LogP contribution in [0.2, 0.25) is 0 Å². The average molecular weight is 375 g/mol. The molecule has 0 radical (unpaired) electrons. The second kappa shape index (κ2) is 7.84. The number of aryl methyl sites for hydroxylation is 2. The molecule has 27 heavy (non-hydrogen) atoms. The van der Waals surface area contributed by atoms with E-state index in [1.165, 1.54) is 16.7 Å². The highest BCUT2D eigenvalue weighted by Gasteiger charge is 2.18. The lowest BCUT2D eigenvalue weighted by Gasteiger charge is -2.11. The van der Waals surface area contributed by atoms with Crippen LogP contribution in [0.1, 0.15) is 22.5 Å². The van der Waals surface area contributed by atoms with E-state index in [-0.39, 0.29) is 0 Å². The van der Waals surface area contributed by atoms with E-state index in [1.54, 1.807) is 18.0 Å². The molecule has 4 nitrogen and oxygen atoms in total. The topological polar surface area (TPSA) is 43.9 Å². The molecule has 0 N–H and O–H groups in total. The molecular weight excluding hydrogens is 354 g/mol. The second-order valence-electron chi connectivity index (χ2n) is 6.48. The fraction of sp³-hybridized carbons (Fsp3) is 0.182. The molecule has 136 valence electrons. The highest BCUT2D eigenvalue weighted by Crippen LogP contribution is 2.30. The maximum Gasteiger partial charge on any atom is 0.192 e. The minimum absolute atomic E-state index is 0.726. The summed E-state index contributed by atoms with van der Waals surface area (Å²) in [5.74, 6) is 2.56. The summed E-state index contributed by atoms with van der Waals surface area (Å²) < 4.78 is 7.67. The van der Waals surface area contributed by atoms with Crippen LogP contribution in [-0.2, 0) is 12.3 Å². The predicted octanol–water partition coefficient (Wildman–Crippen LogP) is 5.50. The molecule has 0 amide bonds. The van der Waals surface area contributed by atoms with E-state index >= 15 is 0 Å². The highest BCUT2D eigenvalue weighted by atomic mass is 32.2. The Hall–Kier alpha value is -2.79. The molecule has 2 aromatic carbocycles. The third kappa shape index (κ3) is 3.83. The fourth-order valence-electron chi connectivity index (χ4n) is 3.03. The summed E-state index contributed by atoms with van der Waals surface area (Å²) in [4.78, 5) is 0. The van der Waals surface area contributed by atoms with Crippen LogP contribution in [0.4, 0.5) is 0 Å². The standard InChI is InChI=1S/C22H21N3OS/c1-16-8-6-7-11-19(16)15-27-22-24-23-21(20-12-13-26-17(20)2)25(22)14-18-9-4-3-5-10-18/h3-13H,14-15H2,1-2H3. The third-order valence-corrected chi connectivity index (χ3v) is 5.63. The van der Waals surface area contributed by atoms with Crippen LogP contribution < -0.4 is 0 Å². The van der Waals surface area contributed by atoms with Crippen molar-refractivity contribution in [3.63, 3.8) is 0 Å². The van der Waals surface area contributed by atoms with Crippen LogP contribution in [0.5, 0.6) is 0 Å². The number of aromatic nitrogens is 3. The van der Waals surface area contributed by atoms with Gasteiger partial charge in [0.15, 0.2) is 11.0 Å². The molecular formula is C22H21N3OS. The van der Waals surface area contributed by atoms with Gasteiger partial charge in [-0.3, -0.25) is 4.57 Å². The van der Waals surface area contributed by atoms with Gasteiger partial charge in [-0.25, -0.2) is 0 Å². The van der Waals surface area contributed by atoms with Crippen LogP contribution in [0.25, 0.3) is 11.4 Å². The molecule has 0 saturated heterocycles. The van der Waals surface area contributed by atoms with Gasteiger partial charge in [0.2, 0.25) is 0 Å². The lowest BCUT2D eigenvalue weighted by molar-refractivity contribution is 0.534. The quantitative estimate of drug-likeness (QED) is 0.418. The van der Waals surface area contributed by atoms with Crippen LogP contribution in [0, 0.1) is 13.8 Å². The molecule has 0 unspecified atom stereocenters. The number of hydrogen-bond donors (Lipinski definition) is 0. The summed E-state index contributed by atoms with van der Waals surface area (Å²) in [7, 11) is 0. The first-order valence-electron chi connectivity index (χ1n) is 8.91. The first-order valence-corrected chi connectivity index (χ1v) is 9.90. The van der Waals surface area contributed by atoms with Crippen LogP contribution in [0.3, 0.4) is 0 Å². The van der Waals surface area contributed by atoms with Gasteiger partial charge in [-0.05, 0) is 36.6 Å². The van der Waals surface area contributed by atoms with E-state index < -0.39 is 0 Å². The molecule has 0 atom stereocenters. The van der Waals surface area contributed by atoms with Gasteiger partial charge in [-0.2, -0.15) is 0 Å². The van der Waals surface area contributed by atoms with Crippen molar-refractivity contribution >= 4 is 11.8 Å². The Labute approximate surface area is 163 Å². The van der Waals surface area contributed by atoms with Gasteiger partial charge >= 0.3 is 0 Å². The average Bonchev–Trinajstić information content (AvgIpc) is 3.28. The third-order valence-electron chi connectivity index (χ3n) is 4.62. The van der Waals surface area contributed by atoms with Crippen LogP contribution in [0.15, 0.2) is 76.5 Å². The first kappa shape index (κ1) is 17.6. The summed E-state index contributed by atoms with van der Waals surface area (Å²) >= 11 is 1.72. The Morgan fingerprint density at radius 3 is 2.44 bits per heavy atom. The van der Waals surface area contributed by atoms with E-state index in [9.17, 15) is 0 Å². The molecule has 2 heterocycles. The van der Waals surface area contributed by atoms with Gasteiger partial charge in [-0.15, -0.1) is 10.2 Å². The van der Waals surface area contributed by atoms with Crippen molar-refractivity contribution in [2.24, 2.45) is 0 Å². The van der Waals surface area contributed by atoms with Gasteiger partial charge in [0.05, 0.1) is 18.4 Å². The molecule has 0 aliphatic heterocycles. The second-order valence-corrected chi connectivity index (χ2v) is 7.43. The number of benzene rings is 2. The van der Waals surface area contributed by atoms with E-state index in [0.29, 0.717) is 0 Å². The molecule has 5 heteroatoms. The zero-order valence-electron chi connectivity index (χ0n) is 15.4. The van der Waals surface area contributed by atoms with E-state index in [2.05, 4.69) is 70.2 Å². The monoisotopic (exact) mass is 375 g/mol. The summed E-state index contributed by atoms with van der Waals surface area (Å²) in [6, 6.07) is 20.8. The molecule has 0 bridgehead atoms.